The Morgan fingerprint density at radius 2 is 1.58 bits per heavy atom. The van der Waals surface area contributed by atoms with Crippen molar-refractivity contribution in [1.29, 1.82) is 0 Å². The number of aliphatic hydroxyl groups is 1. The van der Waals surface area contributed by atoms with Crippen LogP contribution >= 0.6 is 0 Å². The van der Waals surface area contributed by atoms with Crippen LogP contribution in [-0.4, -0.2) is 39.5 Å². The highest BCUT2D eigenvalue weighted by Crippen LogP contribution is 2.19. The highest BCUT2D eigenvalue weighted by Gasteiger charge is 2.29. The number of amides is 1. The van der Waals surface area contributed by atoms with Crippen molar-refractivity contribution in [2.75, 3.05) is 0 Å². The normalized spacial score (nSPS) is 12.9. The molecule has 0 radical (unpaired) electrons. The molecule has 2 atom stereocenters. The number of carbonyl (C=O) groups is 2. The van der Waals surface area contributed by atoms with E-state index in [9.17, 15) is 24.9 Å². The van der Waals surface area contributed by atoms with Gasteiger partial charge in [0.2, 0.25) is 5.91 Å². The monoisotopic (exact) mass is 418 g/mol. The van der Waals surface area contributed by atoms with E-state index >= 15 is 0 Å². The third-order valence-electron chi connectivity index (χ3n) is 4.63. The number of aliphatic imine (C=N–C) groups is 1. The van der Waals surface area contributed by atoms with Crippen LogP contribution in [0, 0.1) is 0 Å². The number of nitrogens with one attached hydrogen (secondary N) is 1. The van der Waals surface area contributed by atoms with Gasteiger partial charge in [0.15, 0.2) is 6.04 Å². The van der Waals surface area contributed by atoms with Gasteiger partial charge in [0, 0.05) is 11.8 Å². The van der Waals surface area contributed by atoms with Gasteiger partial charge in [-0.15, -0.1) is 0 Å². The third kappa shape index (κ3) is 6.01. The number of benzene rings is 3. The van der Waals surface area contributed by atoms with E-state index in [2.05, 4.69) is 10.3 Å². The molecule has 0 unspecified atom stereocenters. The molecule has 0 spiro atoms. The fourth-order valence-corrected chi connectivity index (χ4v) is 2.97. The van der Waals surface area contributed by atoms with Gasteiger partial charge in [-0.05, 0) is 35.4 Å². The largest absolute Gasteiger partial charge is 0.507 e. The number of rotatable bonds is 8. The van der Waals surface area contributed by atoms with Gasteiger partial charge in [-0.25, -0.2) is 4.79 Å². The Bertz CT molecular complexity index is 1060. The first-order valence-electron chi connectivity index (χ1n) is 9.60. The van der Waals surface area contributed by atoms with Crippen molar-refractivity contribution in [3.8, 4) is 5.75 Å². The minimum Gasteiger partial charge on any atom is -0.507 e. The Labute approximate surface area is 179 Å². The van der Waals surface area contributed by atoms with Crippen molar-refractivity contribution in [3.05, 3.63) is 95.6 Å². The molecule has 0 aliphatic carbocycles. The van der Waals surface area contributed by atoms with Crippen LogP contribution in [0.15, 0.2) is 83.9 Å². The fraction of sp³-hybridized carbons (Fsp3) is 0.125. The predicted octanol–water partition coefficient (Wildman–Crippen LogP) is 2.99. The lowest BCUT2D eigenvalue weighted by Crippen LogP contribution is -2.45. The highest BCUT2D eigenvalue weighted by molar-refractivity contribution is 5.86. The van der Waals surface area contributed by atoms with Gasteiger partial charge >= 0.3 is 5.97 Å². The first-order chi connectivity index (χ1) is 14.9. The highest BCUT2D eigenvalue weighted by atomic mass is 16.4. The fourth-order valence-electron chi connectivity index (χ4n) is 2.97. The van der Waals surface area contributed by atoms with Crippen molar-refractivity contribution in [1.82, 2.24) is 5.32 Å². The van der Waals surface area contributed by atoms with Gasteiger partial charge in [-0.3, -0.25) is 9.79 Å². The third-order valence-corrected chi connectivity index (χ3v) is 4.63. The van der Waals surface area contributed by atoms with Crippen LogP contribution in [0.25, 0.3) is 0 Å². The van der Waals surface area contributed by atoms with E-state index in [1.165, 1.54) is 0 Å². The van der Waals surface area contributed by atoms with E-state index in [1.54, 1.807) is 85.1 Å². The molecular formula is C24H22N2O5. The minimum atomic E-state index is -1.46. The van der Waals surface area contributed by atoms with E-state index in [0.717, 1.165) is 0 Å². The van der Waals surface area contributed by atoms with Gasteiger partial charge in [0.1, 0.15) is 11.9 Å². The number of aromatic hydroxyl groups is 1. The number of hydrogen-bond donors (Lipinski definition) is 4. The molecular weight excluding hydrogens is 396 g/mol. The van der Waals surface area contributed by atoms with Crippen LogP contribution in [0.1, 0.15) is 22.8 Å². The Kier molecular flexibility index (Phi) is 7.13. The standard InChI is InChI=1S/C24H22N2O5/c27-20-9-5-4-8-18(20)15-25-19-12-10-16(11-13-19)14-21(28)26-22(24(30)31)23(29)17-6-2-1-3-7-17/h1-13,15,22-23,27,29H,14H2,(H,26,28)(H,30,31)/t22-,23+/m1/s1. The summed E-state index contributed by atoms with van der Waals surface area (Å²) in [6.07, 6.45) is 0.127. The Balaban J connectivity index is 1.62. The van der Waals surface area contributed by atoms with Crippen LogP contribution in [-0.2, 0) is 16.0 Å². The quantitative estimate of drug-likeness (QED) is 0.419. The average Bonchev–Trinajstić information content (AvgIpc) is 2.78. The zero-order chi connectivity index (χ0) is 22.2. The van der Waals surface area contributed by atoms with Gasteiger partial charge < -0.3 is 20.6 Å². The maximum atomic E-state index is 12.4. The van der Waals surface area contributed by atoms with E-state index in [1.807, 2.05) is 0 Å². The maximum Gasteiger partial charge on any atom is 0.329 e. The second kappa shape index (κ2) is 10.2. The molecule has 31 heavy (non-hydrogen) atoms. The number of carboxylic acid groups (broad SMARTS) is 1. The van der Waals surface area contributed by atoms with E-state index in [-0.39, 0.29) is 12.2 Å². The lowest BCUT2D eigenvalue weighted by molar-refractivity contribution is -0.145. The first-order valence-corrected chi connectivity index (χ1v) is 9.60. The molecule has 0 aliphatic rings. The molecule has 0 aliphatic heterocycles. The molecule has 3 rings (SSSR count). The predicted molar refractivity (Wildman–Crippen MR) is 116 cm³/mol. The number of aliphatic hydroxyl groups excluding tert-OH is 1. The van der Waals surface area contributed by atoms with E-state index in [4.69, 9.17) is 0 Å². The van der Waals surface area contributed by atoms with Crippen LogP contribution in [0.5, 0.6) is 5.75 Å². The Morgan fingerprint density at radius 1 is 0.935 bits per heavy atom. The van der Waals surface area contributed by atoms with E-state index in [0.29, 0.717) is 22.4 Å². The molecule has 0 saturated carbocycles. The number of aliphatic carboxylic acids is 1. The molecule has 3 aromatic carbocycles. The summed E-state index contributed by atoms with van der Waals surface area (Å²) in [6, 6.07) is 20.5. The van der Waals surface area contributed by atoms with Crippen molar-refractivity contribution >= 4 is 23.8 Å². The van der Waals surface area contributed by atoms with Crippen LogP contribution in [0.4, 0.5) is 5.69 Å². The van der Waals surface area contributed by atoms with E-state index < -0.39 is 24.0 Å². The number of carbonyl (C=O) groups excluding carboxylic acids is 1. The lowest BCUT2D eigenvalue weighted by Gasteiger charge is -2.20. The van der Waals surface area contributed by atoms with Crippen molar-refractivity contribution < 1.29 is 24.9 Å². The summed E-state index contributed by atoms with van der Waals surface area (Å²) in [7, 11) is 0. The Morgan fingerprint density at radius 3 is 2.23 bits per heavy atom. The lowest BCUT2D eigenvalue weighted by atomic mass is 10.0. The number of phenolic OH excluding ortho intramolecular Hbond substituents is 1. The summed E-state index contributed by atoms with van der Waals surface area (Å²) in [6.45, 7) is 0. The van der Waals surface area contributed by atoms with Crippen molar-refractivity contribution in [2.45, 2.75) is 18.6 Å². The zero-order valence-corrected chi connectivity index (χ0v) is 16.6. The molecule has 4 N–H and O–H groups in total. The molecule has 0 heterocycles. The first kappa shape index (κ1) is 21.7. The molecule has 3 aromatic rings. The summed E-state index contributed by atoms with van der Waals surface area (Å²) in [5, 5.41) is 31.9. The topological polar surface area (TPSA) is 119 Å². The molecule has 0 bridgehead atoms. The maximum absolute atomic E-state index is 12.4. The number of carboxylic acids is 1. The number of nitrogens with zero attached hydrogens (tertiary/aromatic N) is 1. The molecule has 0 saturated heterocycles. The van der Waals surface area contributed by atoms with Crippen molar-refractivity contribution in [3.63, 3.8) is 0 Å². The van der Waals surface area contributed by atoms with Gasteiger partial charge in [-0.2, -0.15) is 0 Å². The molecule has 1 amide bonds. The molecule has 7 heteroatoms. The van der Waals surface area contributed by atoms with Gasteiger partial charge in [0.05, 0.1) is 12.1 Å². The minimum absolute atomic E-state index is 0.0469. The Hall–Kier alpha value is -3.97. The van der Waals surface area contributed by atoms with Crippen LogP contribution in [0.3, 0.4) is 0 Å². The smallest absolute Gasteiger partial charge is 0.329 e. The number of phenols is 1. The average molecular weight is 418 g/mol. The molecule has 158 valence electrons. The SMILES string of the molecule is O=C(Cc1ccc(N=Cc2ccccc2O)cc1)N[C@@H](C(=O)O)[C@@H](O)c1ccccc1. The number of hydrogen-bond acceptors (Lipinski definition) is 5. The van der Waals surface area contributed by atoms with Gasteiger partial charge in [0.25, 0.3) is 0 Å². The zero-order valence-electron chi connectivity index (χ0n) is 16.6. The number of para-hydroxylation sites is 1. The second-order valence-electron chi connectivity index (χ2n) is 6.90. The molecule has 0 aromatic heterocycles. The summed E-state index contributed by atoms with van der Waals surface area (Å²) in [5.74, 6) is -1.71. The summed E-state index contributed by atoms with van der Waals surface area (Å²) >= 11 is 0. The van der Waals surface area contributed by atoms with Crippen LogP contribution in [0.2, 0.25) is 0 Å². The molecule has 7 nitrogen and oxygen atoms in total. The summed E-state index contributed by atoms with van der Waals surface area (Å²) in [4.78, 5) is 28.2. The summed E-state index contributed by atoms with van der Waals surface area (Å²) in [5.41, 5.74) is 2.29. The van der Waals surface area contributed by atoms with Crippen LogP contribution < -0.4 is 5.32 Å². The molecule has 0 fully saturated rings. The van der Waals surface area contributed by atoms with Crippen molar-refractivity contribution in [2.24, 2.45) is 4.99 Å². The second-order valence-corrected chi connectivity index (χ2v) is 6.90. The summed E-state index contributed by atoms with van der Waals surface area (Å²) < 4.78 is 0. The van der Waals surface area contributed by atoms with Gasteiger partial charge in [-0.1, -0.05) is 54.6 Å².